The Kier molecular flexibility index (Phi) is 9.85. The van der Waals surface area contributed by atoms with Crippen LogP contribution in [-0.2, 0) is 49.2 Å². The lowest BCUT2D eigenvalue weighted by molar-refractivity contribution is -0.124. The first-order valence-electron chi connectivity index (χ1n) is 15.9. The first-order chi connectivity index (χ1) is 22.4. The zero-order valence-corrected chi connectivity index (χ0v) is 28.8. The van der Waals surface area contributed by atoms with Crippen LogP contribution in [0.15, 0.2) is 41.3 Å². The highest BCUT2D eigenvalue weighted by Gasteiger charge is 2.34. The fourth-order valence-electron chi connectivity index (χ4n) is 5.89. The molecule has 0 fully saturated rings. The summed E-state index contributed by atoms with van der Waals surface area (Å²) in [5.74, 6) is -0.525. The second-order valence-electron chi connectivity index (χ2n) is 12.5. The lowest BCUT2D eigenvalue weighted by atomic mass is 10.1. The fourth-order valence-corrected chi connectivity index (χ4v) is 7.02. The van der Waals surface area contributed by atoms with E-state index < -0.39 is 17.2 Å². The Hall–Kier alpha value is -4.52. The molecule has 11 nitrogen and oxygen atoms in total. The van der Waals surface area contributed by atoms with Crippen molar-refractivity contribution >= 4 is 29.2 Å². The average Bonchev–Trinajstić information content (AvgIpc) is 3.79. The number of nitrogens with one attached hydrogen (secondary N) is 2. The number of hydrogen-bond acceptors (Lipinski definition) is 8. The van der Waals surface area contributed by atoms with E-state index in [4.69, 9.17) is 9.72 Å². The second kappa shape index (κ2) is 13.7. The van der Waals surface area contributed by atoms with E-state index in [9.17, 15) is 18.8 Å². The number of carbonyl (C=O) groups is 2. The number of nitrogens with zero attached hydrogens (tertiary/aromatic N) is 5. The van der Waals surface area contributed by atoms with Crippen molar-refractivity contribution in [2.45, 2.75) is 92.2 Å². The largest absolute Gasteiger partial charge is 0.444 e. The maximum Gasteiger partial charge on any atom is 0.410 e. The van der Waals surface area contributed by atoms with Crippen LogP contribution in [0.25, 0.3) is 11.4 Å². The van der Waals surface area contributed by atoms with Crippen LogP contribution in [0.2, 0.25) is 0 Å². The van der Waals surface area contributed by atoms with E-state index in [0.29, 0.717) is 49.4 Å². The molecule has 2 aliphatic rings. The Morgan fingerprint density at radius 2 is 1.89 bits per heavy atom. The van der Waals surface area contributed by atoms with Gasteiger partial charge in [0, 0.05) is 29.5 Å². The topological polar surface area (TPSA) is 123 Å². The first-order valence-corrected chi connectivity index (χ1v) is 16.7. The van der Waals surface area contributed by atoms with Gasteiger partial charge in [0.15, 0.2) is 5.82 Å². The molecule has 0 saturated carbocycles. The SMILES string of the molecule is CC.Cc1cc(F)cc(CNc2nc(-c3ccnn3C)c3n(c2=O)C(C(=O)NCc2cc4c(s2)CN(C(=O)OC(C)(C)C)C4)CC3)c1. The highest BCUT2D eigenvalue weighted by molar-refractivity contribution is 7.12. The van der Waals surface area contributed by atoms with E-state index in [1.54, 1.807) is 41.1 Å². The predicted octanol–water partition coefficient (Wildman–Crippen LogP) is 5.85. The normalized spacial score (nSPS) is 15.1. The molecule has 4 aromatic rings. The van der Waals surface area contributed by atoms with Gasteiger partial charge in [0.05, 0.1) is 31.0 Å². The minimum Gasteiger partial charge on any atom is -0.444 e. The molecule has 2 amide bonds. The third-order valence-corrected chi connectivity index (χ3v) is 9.00. The number of anilines is 1. The van der Waals surface area contributed by atoms with Crippen LogP contribution in [0.1, 0.15) is 79.2 Å². The number of carbonyl (C=O) groups excluding carboxylic acids is 2. The molecular weight excluding hydrogens is 621 g/mol. The second-order valence-corrected chi connectivity index (χ2v) is 13.8. The zero-order chi connectivity index (χ0) is 34.0. The lowest BCUT2D eigenvalue weighted by Gasteiger charge is -2.24. The smallest absolute Gasteiger partial charge is 0.410 e. The van der Waals surface area contributed by atoms with E-state index in [1.165, 1.54) is 16.7 Å². The molecule has 1 aromatic carbocycles. The summed E-state index contributed by atoms with van der Waals surface area (Å²) in [4.78, 5) is 48.3. The van der Waals surface area contributed by atoms with E-state index in [1.807, 2.05) is 52.8 Å². The van der Waals surface area contributed by atoms with Crippen molar-refractivity contribution in [2.24, 2.45) is 7.05 Å². The van der Waals surface area contributed by atoms with Gasteiger partial charge in [-0.1, -0.05) is 19.9 Å². The molecule has 2 N–H and O–H groups in total. The monoisotopic (exact) mass is 663 g/mol. The standard InChI is InChI=1S/C32H36FN7O4S.C2H6/c1-18-10-19(12-21(33)11-18)14-34-28-30(42)40-24(27(37-28)23-8-9-36-38(23)5)6-7-25(40)29(41)35-15-22-13-20-16-39(17-26(20)45-22)31(43)44-32(2,3)4;1-2/h8-13,25H,6-7,14-17H2,1-5H3,(H,34,37)(H,35,41);1-2H3. The van der Waals surface area contributed by atoms with Gasteiger partial charge in [0.25, 0.3) is 5.56 Å². The number of rotatable bonds is 7. The molecule has 2 aliphatic heterocycles. The molecule has 1 unspecified atom stereocenters. The fraction of sp³-hybridized carbons (Fsp3) is 0.441. The third-order valence-electron chi connectivity index (χ3n) is 7.84. The van der Waals surface area contributed by atoms with Gasteiger partial charge in [-0.25, -0.2) is 14.2 Å². The summed E-state index contributed by atoms with van der Waals surface area (Å²) in [7, 11) is 1.80. The van der Waals surface area contributed by atoms with E-state index in [-0.39, 0.29) is 30.2 Å². The van der Waals surface area contributed by atoms with Gasteiger partial charge in [-0.2, -0.15) is 5.10 Å². The molecule has 0 bridgehead atoms. The predicted molar refractivity (Wildman–Crippen MR) is 180 cm³/mol. The number of fused-ring (bicyclic) bond motifs is 2. The van der Waals surface area contributed by atoms with Crippen molar-refractivity contribution < 1.29 is 18.7 Å². The molecule has 0 spiro atoms. The number of thiophene rings is 1. The number of aryl methyl sites for hydroxylation is 2. The molecule has 5 heterocycles. The summed E-state index contributed by atoms with van der Waals surface area (Å²) in [5, 5.41) is 10.4. The number of benzene rings is 1. The highest BCUT2D eigenvalue weighted by atomic mass is 32.1. The van der Waals surface area contributed by atoms with Crippen molar-refractivity contribution in [1.82, 2.24) is 29.5 Å². The lowest BCUT2D eigenvalue weighted by Crippen LogP contribution is -2.36. The zero-order valence-electron chi connectivity index (χ0n) is 27.9. The summed E-state index contributed by atoms with van der Waals surface area (Å²) >= 11 is 1.56. The molecule has 250 valence electrons. The first kappa shape index (κ1) is 33.8. The van der Waals surface area contributed by atoms with Crippen LogP contribution in [0.5, 0.6) is 0 Å². The van der Waals surface area contributed by atoms with E-state index in [0.717, 1.165) is 26.6 Å². The minimum atomic E-state index is -0.714. The van der Waals surface area contributed by atoms with Gasteiger partial charge in [0.1, 0.15) is 23.2 Å². The number of halogens is 1. The molecule has 0 saturated heterocycles. The maximum absolute atomic E-state index is 14.0. The van der Waals surface area contributed by atoms with Crippen LogP contribution in [-0.4, -0.2) is 41.8 Å². The Morgan fingerprint density at radius 1 is 1.13 bits per heavy atom. The molecule has 0 radical (unpaired) electrons. The third kappa shape index (κ3) is 7.40. The molecule has 6 rings (SSSR count). The summed E-state index contributed by atoms with van der Waals surface area (Å²) in [6.45, 7) is 12.8. The Labute approximate surface area is 277 Å². The summed E-state index contributed by atoms with van der Waals surface area (Å²) in [6.07, 6.45) is 2.27. The molecule has 13 heteroatoms. The van der Waals surface area contributed by atoms with Crippen molar-refractivity contribution in [3.8, 4) is 11.4 Å². The maximum atomic E-state index is 14.0. The van der Waals surface area contributed by atoms with Crippen molar-refractivity contribution in [3.63, 3.8) is 0 Å². The van der Waals surface area contributed by atoms with Crippen molar-refractivity contribution in [1.29, 1.82) is 0 Å². The van der Waals surface area contributed by atoms with Gasteiger partial charge in [-0.05, 0) is 81.5 Å². The van der Waals surface area contributed by atoms with Gasteiger partial charge in [0.2, 0.25) is 5.91 Å². The quantitative estimate of drug-likeness (QED) is 0.255. The summed E-state index contributed by atoms with van der Waals surface area (Å²) < 4.78 is 22.7. The molecule has 47 heavy (non-hydrogen) atoms. The van der Waals surface area contributed by atoms with Crippen LogP contribution >= 0.6 is 11.3 Å². The Morgan fingerprint density at radius 3 is 2.55 bits per heavy atom. The summed E-state index contributed by atoms with van der Waals surface area (Å²) in [6, 6.07) is 7.82. The Bertz CT molecular complexity index is 1810. The molecule has 3 aromatic heterocycles. The van der Waals surface area contributed by atoms with Crippen LogP contribution in [0.3, 0.4) is 0 Å². The summed E-state index contributed by atoms with van der Waals surface area (Å²) in [5.41, 5.74) is 3.50. The van der Waals surface area contributed by atoms with Crippen molar-refractivity contribution in [3.05, 3.63) is 84.8 Å². The number of ether oxygens (including phenoxy) is 1. The van der Waals surface area contributed by atoms with E-state index >= 15 is 0 Å². The Balaban J connectivity index is 0.00000213. The van der Waals surface area contributed by atoms with Gasteiger partial charge >= 0.3 is 6.09 Å². The van der Waals surface area contributed by atoms with Gasteiger partial charge < -0.3 is 15.4 Å². The van der Waals surface area contributed by atoms with Gasteiger partial charge in [-0.15, -0.1) is 11.3 Å². The van der Waals surface area contributed by atoms with E-state index in [2.05, 4.69) is 15.7 Å². The van der Waals surface area contributed by atoms with Crippen LogP contribution in [0, 0.1) is 12.7 Å². The molecular formula is C34H42FN7O4S. The number of hydrogen-bond donors (Lipinski definition) is 2. The van der Waals surface area contributed by atoms with Gasteiger partial charge in [-0.3, -0.25) is 23.7 Å². The number of aromatic nitrogens is 4. The van der Waals surface area contributed by atoms with Crippen LogP contribution < -0.4 is 16.2 Å². The molecule has 1 atom stereocenters. The average molecular weight is 664 g/mol. The highest BCUT2D eigenvalue weighted by Crippen LogP contribution is 2.34. The van der Waals surface area contributed by atoms with Crippen LogP contribution in [0.4, 0.5) is 15.0 Å². The molecule has 0 aliphatic carbocycles. The number of amides is 2. The van der Waals surface area contributed by atoms with Crippen molar-refractivity contribution in [2.75, 3.05) is 5.32 Å². The minimum absolute atomic E-state index is 0.0841.